The summed E-state index contributed by atoms with van der Waals surface area (Å²) in [5, 5.41) is 0. The van der Waals surface area contributed by atoms with Crippen LogP contribution >= 0.6 is 0 Å². The third-order valence-electron chi connectivity index (χ3n) is 4.45. The van der Waals surface area contributed by atoms with Crippen LogP contribution in [0.25, 0.3) is 0 Å². The SMILES string of the molecule is O=C(CCN1C[C@H]2CC=CC[C@H]2C1)c1ccccc1. The van der Waals surface area contributed by atoms with Crippen LogP contribution in [0.5, 0.6) is 0 Å². The van der Waals surface area contributed by atoms with E-state index in [0.29, 0.717) is 6.42 Å². The lowest BCUT2D eigenvalue weighted by Crippen LogP contribution is -2.24. The second-order valence-corrected chi connectivity index (χ2v) is 5.76. The van der Waals surface area contributed by atoms with Gasteiger partial charge < -0.3 is 4.90 Å². The van der Waals surface area contributed by atoms with E-state index in [1.54, 1.807) is 0 Å². The molecule has 0 bridgehead atoms. The molecule has 1 aromatic rings. The maximum atomic E-state index is 12.1. The number of likely N-dealkylation sites (tertiary alicyclic amines) is 1. The largest absolute Gasteiger partial charge is 0.302 e. The molecule has 100 valence electrons. The van der Waals surface area contributed by atoms with Gasteiger partial charge in [-0.3, -0.25) is 4.79 Å². The second-order valence-electron chi connectivity index (χ2n) is 5.76. The molecular weight excluding hydrogens is 234 g/mol. The highest BCUT2D eigenvalue weighted by Crippen LogP contribution is 2.32. The van der Waals surface area contributed by atoms with Crippen molar-refractivity contribution in [2.75, 3.05) is 19.6 Å². The zero-order valence-corrected chi connectivity index (χ0v) is 11.3. The van der Waals surface area contributed by atoms with Gasteiger partial charge >= 0.3 is 0 Å². The van der Waals surface area contributed by atoms with Crippen molar-refractivity contribution < 1.29 is 4.79 Å². The number of rotatable bonds is 4. The van der Waals surface area contributed by atoms with Gasteiger partial charge in [-0.15, -0.1) is 0 Å². The van der Waals surface area contributed by atoms with E-state index in [1.807, 2.05) is 30.3 Å². The summed E-state index contributed by atoms with van der Waals surface area (Å²) in [5.41, 5.74) is 0.848. The predicted octanol–water partition coefficient (Wildman–Crippen LogP) is 3.16. The van der Waals surface area contributed by atoms with Gasteiger partial charge in [-0.05, 0) is 24.7 Å². The van der Waals surface area contributed by atoms with E-state index < -0.39 is 0 Å². The van der Waals surface area contributed by atoms with E-state index in [-0.39, 0.29) is 5.78 Å². The average molecular weight is 255 g/mol. The first-order valence-electron chi connectivity index (χ1n) is 7.28. The minimum Gasteiger partial charge on any atom is -0.302 e. The van der Waals surface area contributed by atoms with Gasteiger partial charge in [0.1, 0.15) is 0 Å². The second kappa shape index (κ2) is 5.70. The number of carbonyl (C=O) groups is 1. The Morgan fingerprint density at radius 2 is 1.68 bits per heavy atom. The average Bonchev–Trinajstić information content (AvgIpc) is 2.88. The molecule has 2 nitrogen and oxygen atoms in total. The summed E-state index contributed by atoms with van der Waals surface area (Å²) in [7, 11) is 0. The summed E-state index contributed by atoms with van der Waals surface area (Å²) < 4.78 is 0. The van der Waals surface area contributed by atoms with Crippen molar-refractivity contribution in [3.05, 3.63) is 48.0 Å². The molecule has 1 aliphatic carbocycles. The van der Waals surface area contributed by atoms with Crippen LogP contribution in [-0.2, 0) is 0 Å². The zero-order chi connectivity index (χ0) is 13.1. The molecule has 0 saturated carbocycles. The molecule has 2 atom stereocenters. The lowest BCUT2D eigenvalue weighted by molar-refractivity contribution is 0.0968. The molecule has 0 radical (unpaired) electrons. The molecule has 3 rings (SSSR count). The highest BCUT2D eigenvalue weighted by atomic mass is 16.1. The van der Waals surface area contributed by atoms with Crippen LogP contribution in [0.1, 0.15) is 29.6 Å². The predicted molar refractivity (Wildman–Crippen MR) is 77.2 cm³/mol. The number of fused-ring (bicyclic) bond motifs is 1. The van der Waals surface area contributed by atoms with Crippen molar-refractivity contribution in [3.8, 4) is 0 Å². The molecule has 2 aliphatic rings. The van der Waals surface area contributed by atoms with Crippen molar-refractivity contribution in [1.82, 2.24) is 4.90 Å². The maximum Gasteiger partial charge on any atom is 0.164 e. The normalized spacial score (nSPS) is 26.3. The third-order valence-corrected chi connectivity index (χ3v) is 4.45. The van der Waals surface area contributed by atoms with Crippen LogP contribution in [0.3, 0.4) is 0 Å². The molecule has 1 heterocycles. The van der Waals surface area contributed by atoms with Gasteiger partial charge in [0.25, 0.3) is 0 Å². The number of benzene rings is 1. The van der Waals surface area contributed by atoms with E-state index in [0.717, 1.165) is 23.9 Å². The highest BCUT2D eigenvalue weighted by Gasteiger charge is 2.32. The third kappa shape index (κ3) is 2.95. The summed E-state index contributed by atoms with van der Waals surface area (Å²) in [6, 6.07) is 9.65. The number of hydrogen-bond acceptors (Lipinski definition) is 2. The van der Waals surface area contributed by atoms with E-state index in [9.17, 15) is 4.79 Å². The van der Waals surface area contributed by atoms with E-state index in [2.05, 4.69) is 17.1 Å². The molecule has 2 heteroatoms. The van der Waals surface area contributed by atoms with Crippen LogP contribution in [-0.4, -0.2) is 30.3 Å². The van der Waals surface area contributed by atoms with Gasteiger partial charge in [0.05, 0.1) is 0 Å². The van der Waals surface area contributed by atoms with Crippen molar-refractivity contribution in [2.24, 2.45) is 11.8 Å². The molecule has 0 aromatic heterocycles. The Morgan fingerprint density at radius 1 is 1.05 bits per heavy atom. The summed E-state index contributed by atoms with van der Waals surface area (Å²) in [6.07, 6.45) is 7.75. The Hall–Kier alpha value is -1.41. The Morgan fingerprint density at radius 3 is 2.32 bits per heavy atom. The number of carbonyl (C=O) groups excluding carboxylic acids is 1. The number of allylic oxidation sites excluding steroid dienone is 2. The highest BCUT2D eigenvalue weighted by molar-refractivity contribution is 5.96. The van der Waals surface area contributed by atoms with Crippen LogP contribution in [0.4, 0.5) is 0 Å². The quantitative estimate of drug-likeness (QED) is 0.608. The molecule has 0 spiro atoms. The van der Waals surface area contributed by atoms with Crippen LogP contribution in [0.15, 0.2) is 42.5 Å². The van der Waals surface area contributed by atoms with Gasteiger partial charge in [-0.1, -0.05) is 42.5 Å². The number of Topliss-reactive ketones (excluding diaryl/α,β-unsaturated/α-hetero) is 1. The van der Waals surface area contributed by atoms with Crippen molar-refractivity contribution in [3.63, 3.8) is 0 Å². The van der Waals surface area contributed by atoms with Crippen molar-refractivity contribution >= 4 is 5.78 Å². The van der Waals surface area contributed by atoms with Gasteiger partial charge in [0, 0.05) is 31.6 Å². The molecule has 1 aliphatic heterocycles. The number of nitrogens with zero attached hydrogens (tertiary/aromatic N) is 1. The minimum absolute atomic E-state index is 0.272. The Labute approximate surface area is 115 Å². The number of hydrogen-bond donors (Lipinski definition) is 0. The Balaban J connectivity index is 1.50. The molecular formula is C17H21NO. The number of ketones is 1. The smallest absolute Gasteiger partial charge is 0.164 e. The standard InChI is InChI=1S/C17H21NO/c19-17(14-6-2-1-3-7-14)10-11-18-12-15-8-4-5-9-16(15)13-18/h1-7,15-16H,8-13H2/t15-,16+. The first-order chi connectivity index (χ1) is 9.33. The first-order valence-corrected chi connectivity index (χ1v) is 7.28. The Bertz CT molecular complexity index is 449. The Kier molecular flexibility index (Phi) is 3.79. The first kappa shape index (κ1) is 12.6. The fraction of sp³-hybridized carbons (Fsp3) is 0.471. The molecule has 1 saturated heterocycles. The molecule has 19 heavy (non-hydrogen) atoms. The van der Waals surface area contributed by atoms with Crippen LogP contribution < -0.4 is 0 Å². The molecule has 0 unspecified atom stereocenters. The van der Waals surface area contributed by atoms with Gasteiger partial charge in [0.2, 0.25) is 0 Å². The molecule has 1 fully saturated rings. The topological polar surface area (TPSA) is 20.3 Å². The molecule has 0 N–H and O–H groups in total. The zero-order valence-electron chi connectivity index (χ0n) is 11.3. The van der Waals surface area contributed by atoms with E-state index >= 15 is 0 Å². The summed E-state index contributed by atoms with van der Waals surface area (Å²) in [5.74, 6) is 1.93. The van der Waals surface area contributed by atoms with Gasteiger partial charge in [0.15, 0.2) is 5.78 Å². The van der Waals surface area contributed by atoms with E-state index in [4.69, 9.17) is 0 Å². The van der Waals surface area contributed by atoms with Gasteiger partial charge in [-0.2, -0.15) is 0 Å². The van der Waals surface area contributed by atoms with Crippen molar-refractivity contribution in [2.45, 2.75) is 19.3 Å². The molecule has 0 amide bonds. The maximum absolute atomic E-state index is 12.1. The summed E-state index contributed by atoms with van der Waals surface area (Å²) >= 11 is 0. The van der Waals surface area contributed by atoms with Crippen LogP contribution in [0, 0.1) is 11.8 Å². The summed E-state index contributed by atoms with van der Waals surface area (Å²) in [4.78, 5) is 14.6. The fourth-order valence-corrected chi connectivity index (χ4v) is 3.32. The summed E-state index contributed by atoms with van der Waals surface area (Å²) in [6.45, 7) is 3.27. The lowest BCUT2D eigenvalue weighted by Gasteiger charge is -2.18. The van der Waals surface area contributed by atoms with Crippen molar-refractivity contribution in [1.29, 1.82) is 0 Å². The molecule has 1 aromatic carbocycles. The van der Waals surface area contributed by atoms with Crippen LogP contribution in [0.2, 0.25) is 0 Å². The minimum atomic E-state index is 0.272. The fourth-order valence-electron chi connectivity index (χ4n) is 3.32. The lowest BCUT2D eigenvalue weighted by atomic mass is 9.86. The monoisotopic (exact) mass is 255 g/mol. The van der Waals surface area contributed by atoms with E-state index in [1.165, 1.54) is 25.9 Å². The van der Waals surface area contributed by atoms with Gasteiger partial charge in [-0.25, -0.2) is 0 Å².